The highest BCUT2D eigenvalue weighted by Crippen LogP contribution is 2.28. The molecule has 7 heteroatoms. The van der Waals surface area contributed by atoms with Crippen molar-refractivity contribution in [2.24, 2.45) is 0 Å². The SMILES string of the molecule is CCc1ccc(-n2c(SCC(=O)Nc3ccc(C(C)CC)cc3)nnc2-c2ccncc2)cc1. The molecule has 0 aliphatic carbocycles. The molecule has 6 nitrogen and oxygen atoms in total. The van der Waals surface area contributed by atoms with Gasteiger partial charge in [0.15, 0.2) is 11.0 Å². The minimum atomic E-state index is -0.0809. The molecule has 1 atom stereocenters. The smallest absolute Gasteiger partial charge is 0.234 e. The number of rotatable bonds is 9. The van der Waals surface area contributed by atoms with Gasteiger partial charge in [0.05, 0.1) is 5.75 Å². The van der Waals surface area contributed by atoms with E-state index in [1.54, 1.807) is 12.4 Å². The Morgan fingerprint density at radius 2 is 1.68 bits per heavy atom. The molecule has 0 aliphatic rings. The van der Waals surface area contributed by atoms with Crippen LogP contribution in [0.15, 0.2) is 78.2 Å². The molecule has 174 valence electrons. The number of hydrogen-bond acceptors (Lipinski definition) is 5. The molecule has 0 fully saturated rings. The molecule has 0 bridgehead atoms. The summed E-state index contributed by atoms with van der Waals surface area (Å²) >= 11 is 1.37. The third-order valence-corrected chi connectivity index (χ3v) is 6.81. The number of aromatic nitrogens is 4. The van der Waals surface area contributed by atoms with Gasteiger partial charge in [-0.25, -0.2) is 0 Å². The molecule has 0 saturated carbocycles. The Morgan fingerprint density at radius 3 is 2.32 bits per heavy atom. The molecule has 0 radical (unpaired) electrons. The summed E-state index contributed by atoms with van der Waals surface area (Å²) in [5.41, 5.74) is 5.21. The number of nitrogens with zero attached hydrogens (tertiary/aromatic N) is 4. The average Bonchev–Trinajstić information content (AvgIpc) is 3.32. The first-order valence-corrected chi connectivity index (χ1v) is 12.5. The number of nitrogens with one attached hydrogen (secondary N) is 1. The Labute approximate surface area is 204 Å². The van der Waals surface area contributed by atoms with Gasteiger partial charge in [-0.15, -0.1) is 10.2 Å². The van der Waals surface area contributed by atoms with E-state index in [0.717, 1.165) is 35.6 Å². The molecule has 34 heavy (non-hydrogen) atoms. The largest absolute Gasteiger partial charge is 0.325 e. The van der Waals surface area contributed by atoms with Crippen molar-refractivity contribution in [3.63, 3.8) is 0 Å². The molecule has 1 amide bonds. The van der Waals surface area contributed by atoms with Gasteiger partial charge >= 0.3 is 0 Å². The molecule has 1 N–H and O–H groups in total. The molecule has 2 heterocycles. The lowest BCUT2D eigenvalue weighted by atomic mass is 9.99. The normalized spacial score (nSPS) is 11.9. The minimum Gasteiger partial charge on any atom is -0.325 e. The summed E-state index contributed by atoms with van der Waals surface area (Å²) in [5, 5.41) is 12.5. The predicted octanol–water partition coefficient (Wildman–Crippen LogP) is 6.14. The lowest BCUT2D eigenvalue weighted by molar-refractivity contribution is -0.113. The van der Waals surface area contributed by atoms with Gasteiger partial charge in [-0.3, -0.25) is 14.3 Å². The third-order valence-electron chi connectivity index (χ3n) is 5.88. The number of carbonyl (C=O) groups is 1. The molecule has 1 unspecified atom stereocenters. The van der Waals surface area contributed by atoms with Crippen LogP contribution in [0.3, 0.4) is 0 Å². The Bertz CT molecular complexity index is 1220. The number of pyridine rings is 1. The number of benzene rings is 2. The second kappa shape index (κ2) is 11.1. The Kier molecular flexibility index (Phi) is 7.75. The first kappa shape index (κ1) is 23.7. The van der Waals surface area contributed by atoms with Gasteiger partial charge in [-0.1, -0.05) is 56.8 Å². The third kappa shape index (κ3) is 5.54. The van der Waals surface area contributed by atoms with Crippen molar-refractivity contribution in [1.82, 2.24) is 19.7 Å². The molecule has 2 aromatic carbocycles. The molecule has 0 spiro atoms. The number of amides is 1. The fourth-order valence-electron chi connectivity index (χ4n) is 3.62. The van der Waals surface area contributed by atoms with Gasteiger partial charge in [-0.05, 0) is 66.3 Å². The monoisotopic (exact) mass is 471 g/mol. The van der Waals surface area contributed by atoms with E-state index >= 15 is 0 Å². The summed E-state index contributed by atoms with van der Waals surface area (Å²) < 4.78 is 1.99. The molecule has 4 aromatic rings. The molecule has 4 rings (SSSR count). The summed E-state index contributed by atoms with van der Waals surface area (Å²) in [7, 11) is 0. The lowest BCUT2D eigenvalue weighted by Gasteiger charge is -2.12. The maximum Gasteiger partial charge on any atom is 0.234 e. The maximum absolute atomic E-state index is 12.7. The molecule has 2 aromatic heterocycles. The van der Waals surface area contributed by atoms with E-state index in [4.69, 9.17) is 0 Å². The summed E-state index contributed by atoms with van der Waals surface area (Å²) in [4.78, 5) is 16.8. The second-order valence-corrected chi connectivity index (χ2v) is 9.11. The van der Waals surface area contributed by atoms with Crippen LogP contribution in [0.4, 0.5) is 5.69 Å². The zero-order valence-corrected chi connectivity index (χ0v) is 20.5. The average molecular weight is 472 g/mol. The number of aryl methyl sites for hydroxylation is 1. The van der Waals surface area contributed by atoms with Crippen LogP contribution in [0, 0.1) is 0 Å². The van der Waals surface area contributed by atoms with Crippen LogP contribution in [0.25, 0.3) is 17.1 Å². The van der Waals surface area contributed by atoms with Gasteiger partial charge in [0, 0.05) is 29.3 Å². The number of anilines is 1. The fourth-order valence-corrected chi connectivity index (χ4v) is 4.37. The minimum absolute atomic E-state index is 0.0809. The quantitative estimate of drug-likeness (QED) is 0.297. The van der Waals surface area contributed by atoms with Crippen LogP contribution in [0.1, 0.15) is 44.2 Å². The molecular weight excluding hydrogens is 442 g/mol. The highest BCUT2D eigenvalue weighted by atomic mass is 32.2. The van der Waals surface area contributed by atoms with E-state index in [0.29, 0.717) is 11.1 Å². The Balaban J connectivity index is 1.52. The first-order valence-electron chi connectivity index (χ1n) is 11.6. The summed E-state index contributed by atoms with van der Waals surface area (Å²) in [6, 6.07) is 20.2. The predicted molar refractivity (Wildman–Crippen MR) is 138 cm³/mol. The van der Waals surface area contributed by atoms with Gasteiger partial charge < -0.3 is 5.32 Å². The van der Waals surface area contributed by atoms with Crippen molar-refractivity contribution in [1.29, 1.82) is 0 Å². The van der Waals surface area contributed by atoms with Crippen LogP contribution >= 0.6 is 11.8 Å². The summed E-state index contributed by atoms with van der Waals surface area (Å²) in [6.07, 6.45) is 5.54. The highest BCUT2D eigenvalue weighted by molar-refractivity contribution is 7.99. The second-order valence-electron chi connectivity index (χ2n) is 8.17. The van der Waals surface area contributed by atoms with E-state index in [-0.39, 0.29) is 11.7 Å². The molecule has 0 aliphatic heterocycles. The van der Waals surface area contributed by atoms with Gasteiger partial charge in [0.2, 0.25) is 5.91 Å². The van der Waals surface area contributed by atoms with Crippen LogP contribution < -0.4 is 5.32 Å². The number of hydrogen-bond donors (Lipinski definition) is 1. The van der Waals surface area contributed by atoms with Crippen molar-refractivity contribution in [3.05, 3.63) is 84.2 Å². The van der Waals surface area contributed by atoms with Gasteiger partial charge in [0.25, 0.3) is 0 Å². The van der Waals surface area contributed by atoms with Crippen LogP contribution in [0.5, 0.6) is 0 Å². The van der Waals surface area contributed by atoms with E-state index in [2.05, 4.69) is 77.7 Å². The Hall–Kier alpha value is -3.45. The molecule has 0 saturated heterocycles. The van der Waals surface area contributed by atoms with Crippen LogP contribution in [-0.4, -0.2) is 31.4 Å². The topological polar surface area (TPSA) is 72.7 Å². The van der Waals surface area contributed by atoms with E-state index in [9.17, 15) is 4.79 Å². The lowest BCUT2D eigenvalue weighted by Crippen LogP contribution is -2.14. The maximum atomic E-state index is 12.7. The summed E-state index contributed by atoms with van der Waals surface area (Å²) in [6.45, 7) is 6.51. The first-order chi connectivity index (χ1) is 16.6. The summed E-state index contributed by atoms with van der Waals surface area (Å²) in [5.74, 6) is 1.37. The molecular formula is C27H29N5OS. The van der Waals surface area contributed by atoms with Crippen molar-refractivity contribution in [2.45, 2.75) is 44.7 Å². The zero-order valence-electron chi connectivity index (χ0n) is 19.7. The van der Waals surface area contributed by atoms with Crippen molar-refractivity contribution in [2.75, 3.05) is 11.1 Å². The van der Waals surface area contributed by atoms with E-state index in [1.807, 2.05) is 28.8 Å². The zero-order chi connectivity index (χ0) is 23.9. The van der Waals surface area contributed by atoms with Gasteiger partial charge in [-0.2, -0.15) is 0 Å². The standard InChI is InChI=1S/C27H29N5OS/c1-4-19(3)21-8-10-23(11-9-21)29-25(33)18-34-27-31-30-26(22-14-16-28-17-15-22)32(27)24-12-6-20(5-2)7-13-24/h6-17,19H,4-5,18H2,1-3H3,(H,29,33). The highest BCUT2D eigenvalue weighted by Gasteiger charge is 2.17. The van der Waals surface area contributed by atoms with E-state index in [1.165, 1.54) is 22.9 Å². The van der Waals surface area contributed by atoms with E-state index < -0.39 is 0 Å². The van der Waals surface area contributed by atoms with Crippen molar-refractivity contribution >= 4 is 23.4 Å². The Morgan fingerprint density at radius 1 is 0.971 bits per heavy atom. The van der Waals surface area contributed by atoms with Crippen LogP contribution in [-0.2, 0) is 11.2 Å². The van der Waals surface area contributed by atoms with Crippen molar-refractivity contribution < 1.29 is 4.79 Å². The number of carbonyl (C=O) groups excluding carboxylic acids is 1. The number of thioether (sulfide) groups is 1. The fraction of sp³-hybridized carbons (Fsp3) is 0.259. The van der Waals surface area contributed by atoms with Gasteiger partial charge in [0.1, 0.15) is 0 Å². The van der Waals surface area contributed by atoms with Crippen LogP contribution in [0.2, 0.25) is 0 Å². The van der Waals surface area contributed by atoms with Crippen molar-refractivity contribution in [3.8, 4) is 17.1 Å².